The Morgan fingerprint density at radius 3 is 2.31 bits per heavy atom. The van der Waals surface area contributed by atoms with Crippen LogP contribution in [0.4, 0.5) is 14.6 Å². The highest BCUT2D eigenvalue weighted by atomic mass is 19.1. The van der Waals surface area contributed by atoms with Crippen molar-refractivity contribution in [1.82, 2.24) is 19.7 Å². The minimum absolute atomic E-state index is 0.257. The van der Waals surface area contributed by atoms with Gasteiger partial charge in [0.05, 0.1) is 19.8 Å². The van der Waals surface area contributed by atoms with Crippen molar-refractivity contribution in [3.05, 3.63) is 90.3 Å². The largest absolute Gasteiger partial charge is 0.379 e. The summed E-state index contributed by atoms with van der Waals surface area (Å²) in [6, 6.07) is 16.7. The zero-order valence-corrected chi connectivity index (χ0v) is 19.3. The fourth-order valence-corrected chi connectivity index (χ4v) is 4.13. The van der Waals surface area contributed by atoms with Crippen molar-refractivity contribution < 1.29 is 13.5 Å². The van der Waals surface area contributed by atoms with E-state index in [1.54, 1.807) is 30.5 Å². The molecule has 0 atom stereocenters. The molecular formula is C27H27F2N5O. The van der Waals surface area contributed by atoms with E-state index in [0.29, 0.717) is 12.4 Å². The van der Waals surface area contributed by atoms with Crippen LogP contribution in [0.2, 0.25) is 0 Å². The van der Waals surface area contributed by atoms with Crippen molar-refractivity contribution in [3.8, 4) is 22.4 Å². The minimum atomic E-state index is -0.279. The van der Waals surface area contributed by atoms with Crippen LogP contribution in [-0.2, 0) is 17.8 Å². The fourth-order valence-electron chi connectivity index (χ4n) is 4.13. The molecule has 2 aromatic heterocycles. The second kappa shape index (κ2) is 10.8. The van der Waals surface area contributed by atoms with Crippen LogP contribution in [0.15, 0.2) is 73.1 Å². The third kappa shape index (κ3) is 5.90. The second-order valence-electron chi connectivity index (χ2n) is 8.53. The van der Waals surface area contributed by atoms with E-state index >= 15 is 0 Å². The Balaban J connectivity index is 1.39. The van der Waals surface area contributed by atoms with E-state index in [2.05, 4.69) is 15.2 Å². The SMILES string of the molecule is Fc1ccc(CNc2cc(-c3cn(CCN4CCOCC4)nc3-c3ccc(F)cc3)ccn2)cc1. The van der Waals surface area contributed by atoms with E-state index in [0.717, 1.165) is 67.3 Å². The average molecular weight is 476 g/mol. The first kappa shape index (κ1) is 23.1. The van der Waals surface area contributed by atoms with Crippen molar-refractivity contribution in [2.75, 3.05) is 38.2 Å². The van der Waals surface area contributed by atoms with E-state index in [1.165, 1.54) is 24.3 Å². The molecule has 0 saturated carbocycles. The summed E-state index contributed by atoms with van der Waals surface area (Å²) >= 11 is 0. The standard InChI is InChI=1S/C27H27F2N5O/c28-23-5-1-20(2-6-23)18-31-26-17-22(9-10-30-26)25-19-34(12-11-33-13-15-35-16-14-33)32-27(25)21-3-7-24(29)8-4-21/h1-10,17,19H,11-16,18H2,(H,30,31). The number of morpholine rings is 1. The van der Waals surface area contributed by atoms with Crippen LogP contribution < -0.4 is 5.32 Å². The molecule has 1 saturated heterocycles. The van der Waals surface area contributed by atoms with Crippen LogP contribution in [-0.4, -0.2) is 52.5 Å². The molecule has 1 aliphatic rings. The smallest absolute Gasteiger partial charge is 0.126 e. The highest BCUT2D eigenvalue weighted by Crippen LogP contribution is 2.32. The number of anilines is 1. The van der Waals surface area contributed by atoms with Crippen LogP contribution in [0, 0.1) is 11.6 Å². The molecular weight excluding hydrogens is 448 g/mol. The molecule has 0 spiro atoms. The van der Waals surface area contributed by atoms with Gasteiger partial charge in [-0.2, -0.15) is 5.10 Å². The van der Waals surface area contributed by atoms with E-state index in [1.807, 2.05) is 23.0 Å². The second-order valence-corrected chi connectivity index (χ2v) is 8.53. The van der Waals surface area contributed by atoms with Crippen molar-refractivity contribution in [2.24, 2.45) is 0 Å². The Bertz CT molecular complexity index is 1250. The van der Waals surface area contributed by atoms with Crippen LogP contribution in [0.3, 0.4) is 0 Å². The maximum Gasteiger partial charge on any atom is 0.126 e. The lowest BCUT2D eigenvalue weighted by Gasteiger charge is -2.26. The molecule has 0 radical (unpaired) electrons. The van der Waals surface area contributed by atoms with E-state index in [-0.39, 0.29) is 11.6 Å². The molecule has 4 aromatic rings. The Hall–Kier alpha value is -3.62. The molecule has 180 valence electrons. The molecule has 3 heterocycles. The Morgan fingerprint density at radius 2 is 1.57 bits per heavy atom. The summed E-state index contributed by atoms with van der Waals surface area (Å²) in [5.41, 5.74) is 4.51. The van der Waals surface area contributed by atoms with Gasteiger partial charge in [-0.05, 0) is 59.7 Å². The molecule has 6 nitrogen and oxygen atoms in total. The van der Waals surface area contributed by atoms with Crippen molar-refractivity contribution in [1.29, 1.82) is 0 Å². The normalized spacial score (nSPS) is 14.2. The fraction of sp³-hybridized carbons (Fsp3) is 0.259. The van der Waals surface area contributed by atoms with Gasteiger partial charge < -0.3 is 10.1 Å². The maximum atomic E-state index is 13.6. The zero-order valence-electron chi connectivity index (χ0n) is 19.3. The van der Waals surface area contributed by atoms with Crippen LogP contribution in [0.5, 0.6) is 0 Å². The average Bonchev–Trinajstić information content (AvgIpc) is 3.33. The van der Waals surface area contributed by atoms with Crippen LogP contribution in [0.1, 0.15) is 5.56 Å². The number of nitrogens with zero attached hydrogens (tertiary/aromatic N) is 4. The Morgan fingerprint density at radius 1 is 0.857 bits per heavy atom. The molecule has 1 fully saturated rings. The minimum Gasteiger partial charge on any atom is -0.379 e. The summed E-state index contributed by atoms with van der Waals surface area (Å²) in [6.07, 6.45) is 3.79. The third-order valence-electron chi connectivity index (χ3n) is 6.09. The van der Waals surface area contributed by atoms with E-state index < -0.39 is 0 Å². The number of halogens is 2. The van der Waals surface area contributed by atoms with E-state index in [9.17, 15) is 8.78 Å². The van der Waals surface area contributed by atoms with Crippen LogP contribution >= 0.6 is 0 Å². The molecule has 0 unspecified atom stereocenters. The van der Waals surface area contributed by atoms with E-state index in [4.69, 9.17) is 9.84 Å². The van der Waals surface area contributed by atoms with Gasteiger partial charge >= 0.3 is 0 Å². The molecule has 0 aliphatic carbocycles. The molecule has 1 N–H and O–H groups in total. The lowest BCUT2D eigenvalue weighted by molar-refractivity contribution is 0.0360. The summed E-state index contributed by atoms with van der Waals surface area (Å²) in [7, 11) is 0. The molecule has 2 aromatic carbocycles. The van der Waals surface area contributed by atoms with Gasteiger partial charge in [-0.3, -0.25) is 9.58 Å². The summed E-state index contributed by atoms with van der Waals surface area (Å²) in [5.74, 6) is 0.170. The number of aromatic nitrogens is 3. The molecule has 35 heavy (non-hydrogen) atoms. The summed E-state index contributed by atoms with van der Waals surface area (Å²) in [4.78, 5) is 6.80. The number of rotatable bonds is 8. The number of nitrogens with one attached hydrogen (secondary N) is 1. The quantitative estimate of drug-likeness (QED) is 0.396. The van der Waals surface area contributed by atoms with Crippen molar-refractivity contribution >= 4 is 5.82 Å². The van der Waals surface area contributed by atoms with Crippen LogP contribution in [0.25, 0.3) is 22.4 Å². The van der Waals surface area contributed by atoms with Gasteiger partial charge in [0.15, 0.2) is 0 Å². The van der Waals surface area contributed by atoms with Gasteiger partial charge in [0.2, 0.25) is 0 Å². The van der Waals surface area contributed by atoms with Crippen molar-refractivity contribution in [3.63, 3.8) is 0 Å². The Kier molecular flexibility index (Phi) is 7.11. The van der Waals surface area contributed by atoms with Gasteiger partial charge in [0.1, 0.15) is 23.1 Å². The van der Waals surface area contributed by atoms with Gasteiger partial charge in [-0.15, -0.1) is 0 Å². The maximum absolute atomic E-state index is 13.6. The molecule has 5 rings (SSSR count). The topological polar surface area (TPSA) is 55.2 Å². The molecule has 1 aliphatic heterocycles. The first-order valence-corrected chi connectivity index (χ1v) is 11.7. The van der Waals surface area contributed by atoms with Gasteiger partial charge in [0, 0.05) is 49.7 Å². The summed E-state index contributed by atoms with van der Waals surface area (Å²) in [5, 5.41) is 8.17. The highest BCUT2D eigenvalue weighted by molar-refractivity contribution is 5.81. The molecule has 8 heteroatoms. The van der Waals surface area contributed by atoms with Crippen molar-refractivity contribution in [2.45, 2.75) is 13.1 Å². The van der Waals surface area contributed by atoms with Gasteiger partial charge in [-0.25, -0.2) is 13.8 Å². The first-order chi connectivity index (χ1) is 17.1. The summed E-state index contributed by atoms with van der Waals surface area (Å²) in [6.45, 7) is 5.52. The number of hydrogen-bond acceptors (Lipinski definition) is 5. The molecule has 0 bridgehead atoms. The zero-order chi connectivity index (χ0) is 24.0. The summed E-state index contributed by atoms with van der Waals surface area (Å²) < 4.78 is 34.2. The third-order valence-corrected chi connectivity index (χ3v) is 6.09. The lowest BCUT2D eigenvalue weighted by Crippen LogP contribution is -2.38. The highest BCUT2D eigenvalue weighted by Gasteiger charge is 2.16. The predicted octanol–water partition coefficient (Wildman–Crippen LogP) is 4.83. The number of pyridine rings is 1. The predicted molar refractivity (Wildman–Crippen MR) is 132 cm³/mol. The number of hydrogen-bond donors (Lipinski definition) is 1. The first-order valence-electron chi connectivity index (χ1n) is 11.7. The van der Waals surface area contributed by atoms with Gasteiger partial charge in [0.25, 0.3) is 0 Å². The molecule has 0 amide bonds. The van der Waals surface area contributed by atoms with Gasteiger partial charge in [-0.1, -0.05) is 12.1 Å². The monoisotopic (exact) mass is 475 g/mol. The number of benzene rings is 2. The lowest BCUT2D eigenvalue weighted by atomic mass is 10.0. The Labute approximate surface area is 203 Å². The number of ether oxygens (including phenoxy) is 1.